The number of aromatic hydroxyl groups is 1. The van der Waals surface area contributed by atoms with E-state index < -0.39 is 47.9 Å². The summed E-state index contributed by atoms with van der Waals surface area (Å²) in [5.41, 5.74) is 24.7. The number of nitrogens with one attached hydrogen (secondary N) is 4. The van der Waals surface area contributed by atoms with Crippen LogP contribution in [0.5, 0.6) is 5.75 Å². The van der Waals surface area contributed by atoms with Crippen LogP contribution in [0.15, 0.2) is 59.7 Å². The number of carbonyl (C=O) groups is 4. The second-order valence-corrected chi connectivity index (χ2v) is 11.3. The van der Waals surface area contributed by atoms with Crippen molar-refractivity contribution in [1.29, 1.82) is 0 Å². The van der Waals surface area contributed by atoms with Gasteiger partial charge in [-0.25, -0.2) is 4.79 Å². The largest absolute Gasteiger partial charge is 0.508 e. The topological polar surface area (TPSA) is 277 Å². The number of rotatable bonds is 19. The molecule has 0 bridgehead atoms. The number of nitrogens with zero attached hydrogens (tertiary/aromatic N) is 1. The quantitative estimate of drug-likeness (QED) is 0.0459. The predicted octanol–water partition coefficient (Wildman–Crippen LogP) is -0.292. The van der Waals surface area contributed by atoms with Crippen molar-refractivity contribution in [2.24, 2.45) is 27.9 Å². The number of carboxylic acid groups (broad SMARTS) is 1. The lowest BCUT2D eigenvalue weighted by Crippen LogP contribution is -2.57. The van der Waals surface area contributed by atoms with Crippen LogP contribution in [-0.4, -0.2) is 82.1 Å². The molecule has 1 heterocycles. The number of phenolic OH excluding ortho intramolecular Hbond substituents is 1. The van der Waals surface area contributed by atoms with Gasteiger partial charge in [0.25, 0.3) is 0 Å². The van der Waals surface area contributed by atoms with Crippen LogP contribution in [0.2, 0.25) is 0 Å². The Morgan fingerprint density at radius 1 is 0.809 bits per heavy atom. The highest BCUT2D eigenvalue weighted by Crippen LogP contribution is 2.20. The molecule has 3 amide bonds. The number of aromatic nitrogens is 1. The number of H-pyrrole nitrogens is 1. The van der Waals surface area contributed by atoms with Gasteiger partial charge in [0.15, 0.2) is 5.96 Å². The third-order valence-corrected chi connectivity index (χ3v) is 7.61. The van der Waals surface area contributed by atoms with E-state index in [0.29, 0.717) is 31.4 Å². The predicted molar refractivity (Wildman–Crippen MR) is 178 cm³/mol. The van der Waals surface area contributed by atoms with Gasteiger partial charge in [-0.2, -0.15) is 0 Å². The fourth-order valence-electron chi connectivity index (χ4n) is 5.03. The zero-order valence-electron chi connectivity index (χ0n) is 26.2. The third-order valence-electron chi connectivity index (χ3n) is 7.61. The first-order valence-corrected chi connectivity index (χ1v) is 15.5. The van der Waals surface area contributed by atoms with Gasteiger partial charge in [-0.1, -0.05) is 30.3 Å². The third kappa shape index (κ3) is 11.6. The molecular weight excluding hydrogens is 606 g/mol. The van der Waals surface area contributed by atoms with Gasteiger partial charge in [0.05, 0.1) is 6.04 Å². The number of aliphatic carboxylic acids is 1. The van der Waals surface area contributed by atoms with Crippen molar-refractivity contribution in [3.8, 4) is 5.75 Å². The Labute approximate surface area is 272 Å². The summed E-state index contributed by atoms with van der Waals surface area (Å²) in [6, 6.07) is 8.94. The molecule has 0 aliphatic rings. The molecule has 14 N–H and O–H groups in total. The summed E-state index contributed by atoms with van der Waals surface area (Å²) in [4.78, 5) is 59.5. The van der Waals surface area contributed by atoms with Crippen LogP contribution >= 0.6 is 0 Å². The van der Waals surface area contributed by atoms with E-state index in [4.69, 9.17) is 22.9 Å². The lowest BCUT2D eigenvalue weighted by Gasteiger charge is -2.25. The number of amides is 3. The van der Waals surface area contributed by atoms with Gasteiger partial charge < -0.3 is 54.1 Å². The zero-order valence-corrected chi connectivity index (χ0v) is 26.2. The van der Waals surface area contributed by atoms with Crippen molar-refractivity contribution in [3.63, 3.8) is 0 Å². The first kappa shape index (κ1) is 36.3. The normalized spacial score (nSPS) is 13.6. The number of benzene rings is 2. The number of aliphatic imine (C=N–C) groups is 1. The summed E-state index contributed by atoms with van der Waals surface area (Å²) in [5.74, 6) is -3.23. The van der Waals surface area contributed by atoms with E-state index in [2.05, 4.69) is 25.9 Å². The molecule has 3 rings (SSSR count). The maximum atomic E-state index is 13.8. The minimum absolute atomic E-state index is 0.0218. The Kier molecular flexibility index (Phi) is 14.0. The molecule has 0 radical (unpaired) electrons. The molecule has 0 spiro atoms. The summed E-state index contributed by atoms with van der Waals surface area (Å²) < 4.78 is 0. The number of carbonyl (C=O) groups excluding carboxylic acids is 3. The number of nitrogens with two attached hydrogens (primary N) is 4. The average molecular weight is 652 g/mol. The summed E-state index contributed by atoms with van der Waals surface area (Å²) in [5, 5.41) is 28.2. The molecule has 15 heteroatoms. The van der Waals surface area contributed by atoms with Gasteiger partial charge in [0.1, 0.15) is 23.9 Å². The second-order valence-electron chi connectivity index (χ2n) is 11.3. The molecule has 47 heavy (non-hydrogen) atoms. The molecule has 2 aromatic carbocycles. The van der Waals surface area contributed by atoms with E-state index in [1.54, 1.807) is 18.3 Å². The number of fused-ring (bicyclic) bond motifs is 1. The Bertz CT molecular complexity index is 1520. The Hall–Kier alpha value is -5.15. The van der Waals surface area contributed by atoms with Gasteiger partial charge in [-0.05, 0) is 68.0 Å². The van der Waals surface area contributed by atoms with Crippen molar-refractivity contribution in [2.45, 2.75) is 69.1 Å². The molecule has 0 aliphatic carbocycles. The standard InChI is InChI=1S/C32H45N9O6/c33-14-4-3-9-25(29(44)41-27(31(46)47)16-19-10-12-21(42)13-11-19)39-30(45)26(17-20-18-38-24-8-2-1-6-22(20)24)40-28(43)23(34)7-5-15-37-32(35)36/h1-2,6,8,10-13,18,23,25-27,38,42H,3-5,7,9,14-17,33-34H2,(H,39,45)(H,40,43)(H,41,44)(H,46,47)(H4,35,36,37). The number of hydrogen-bond acceptors (Lipinski definition) is 8. The first-order chi connectivity index (χ1) is 22.5. The minimum atomic E-state index is -1.31. The van der Waals surface area contributed by atoms with Crippen molar-refractivity contribution in [2.75, 3.05) is 13.1 Å². The summed E-state index contributed by atoms with van der Waals surface area (Å²) >= 11 is 0. The number of para-hydroxylation sites is 1. The van der Waals surface area contributed by atoms with Crippen molar-refractivity contribution < 1.29 is 29.4 Å². The summed E-state index contributed by atoms with van der Waals surface area (Å²) in [6.07, 6.45) is 3.69. The fraction of sp³-hybridized carbons (Fsp3) is 0.406. The molecule has 0 fully saturated rings. The first-order valence-electron chi connectivity index (χ1n) is 15.5. The van der Waals surface area contributed by atoms with Gasteiger partial charge in [-0.15, -0.1) is 0 Å². The lowest BCUT2D eigenvalue weighted by atomic mass is 10.0. The van der Waals surface area contributed by atoms with Crippen LogP contribution in [-0.2, 0) is 32.0 Å². The van der Waals surface area contributed by atoms with Crippen LogP contribution in [0, 0.1) is 0 Å². The molecule has 1 aromatic heterocycles. The summed E-state index contributed by atoms with van der Waals surface area (Å²) in [7, 11) is 0. The van der Waals surface area contributed by atoms with Crippen LogP contribution in [0.4, 0.5) is 0 Å². The molecule has 4 atom stereocenters. The number of phenols is 1. The van der Waals surface area contributed by atoms with Crippen LogP contribution in [0.25, 0.3) is 10.9 Å². The maximum absolute atomic E-state index is 13.8. The summed E-state index contributed by atoms with van der Waals surface area (Å²) in [6.45, 7) is 0.646. The number of guanidine groups is 1. The molecule has 0 saturated heterocycles. The van der Waals surface area contributed by atoms with Gasteiger partial charge in [-0.3, -0.25) is 19.4 Å². The van der Waals surface area contributed by atoms with Crippen molar-refractivity contribution in [1.82, 2.24) is 20.9 Å². The van der Waals surface area contributed by atoms with Crippen LogP contribution in [0.1, 0.15) is 43.2 Å². The van der Waals surface area contributed by atoms with Gasteiger partial charge in [0, 0.05) is 36.5 Å². The number of hydrogen-bond donors (Lipinski definition) is 10. The van der Waals surface area contributed by atoms with Crippen molar-refractivity contribution >= 4 is 40.6 Å². The fourth-order valence-corrected chi connectivity index (χ4v) is 5.03. The van der Waals surface area contributed by atoms with Gasteiger partial charge >= 0.3 is 5.97 Å². The molecule has 0 saturated carbocycles. The molecule has 15 nitrogen and oxygen atoms in total. The average Bonchev–Trinajstić information content (AvgIpc) is 3.45. The highest BCUT2D eigenvalue weighted by Gasteiger charge is 2.31. The second kappa shape index (κ2) is 18.1. The maximum Gasteiger partial charge on any atom is 0.326 e. The van der Waals surface area contributed by atoms with E-state index in [1.807, 2.05) is 24.3 Å². The highest BCUT2D eigenvalue weighted by atomic mass is 16.4. The number of aromatic amines is 1. The molecule has 0 aliphatic heterocycles. The smallest absolute Gasteiger partial charge is 0.326 e. The van der Waals surface area contributed by atoms with E-state index in [0.717, 1.165) is 16.5 Å². The molecule has 4 unspecified atom stereocenters. The number of unbranched alkanes of at least 4 members (excludes halogenated alkanes) is 1. The number of carboxylic acids is 1. The Balaban J connectivity index is 1.80. The zero-order chi connectivity index (χ0) is 34.3. The lowest BCUT2D eigenvalue weighted by molar-refractivity contribution is -0.142. The van der Waals surface area contributed by atoms with E-state index in [-0.39, 0.29) is 43.9 Å². The van der Waals surface area contributed by atoms with Gasteiger partial charge in [0.2, 0.25) is 17.7 Å². The van der Waals surface area contributed by atoms with Crippen molar-refractivity contribution in [3.05, 3.63) is 65.9 Å². The minimum Gasteiger partial charge on any atom is -0.508 e. The van der Waals surface area contributed by atoms with E-state index >= 15 is 0 Å². The van der Waals surface area contributed by atoms with E-state index in [1.165, 1.54) is 12.1 Å². The van der Waals surface area contributed by atoms with E-state index in [9.17, 15) is 29.4 Å². The molecular formula is C32H45N9O6. The monoisotopic (exact) mass is 651 g/mol. The SMILES string of the molecule is NCCCCC(NC(=O)C(Cc1c[nH]c2ccccc12)NC(=O)C(N)CCCN=C(N)N)C(=O)NC(Cc1ccc(O)cc1)C(=O)O. The molecule has 3 aromatic rings. The molecule has 254 valence electrons. The highest BCUT2D eigenvalue weighted by molar-refractivity contribution is 5.95. The Morgan fingerprint density at radius 3 is 2.15 bits per heavy atom. The Morgan fingerprint density at radius 2 is 1.47 bits per heavy atom. The van der Waals surface area contributed by atoms with Crippen LogP contribution in [0.3, 0.4) is 0 Å². The van der Waals surface area contributed by atoms with Crippen LogP contribution < -0.4 is 38.9 Å².